The van der Waals surface area contributed by atoms with E-state index in [4.69, 9.17) is 4.74 Å². The number of nitro benzene ring substituents is 1. The maximum atomic E-state index is 12.3. The van der Waals surface area contributed by atoms with Crippen LogP contribution >= 0.6 is 10.0 Å². The summed E-state index contributed by atoms with van der Waals surface area (Å²) in [5.41, 5.74) is 1.26. The van der Waals surface area contributed by atoms with Crippen molar-refractivity contribution in [3.8, 4) is 0 Å². The molecule has 0 unspecified atom stereocenters. The van der Waals surface area contributed by atoms with Crippen molar-refractivity contribution in [3.63, 3.8) is 0 Å². The van der Waals surface area contributed by atoms with Crippen molar-refractivity contribution >= 4 is 33.3 Å². The molecular formula is C24H35N5O4S. The number of rotatable bonds is 4. The quantitative estimate of drug-likeness (QED) is 0.519. The number of non-ortho nitro benzene ring substituents is 1. The van der Waals surface area contributed by atoms with Crippen molar-refractivity contribution < 1.29 is 14.5 Å². The second-order valence-electron chi connectivity index (χ2n) is 9.22. The van der Waals surface area contributed by atoms with Crippen molar-refractivity contribution in [1.29, 1.82) is 0 Å². The summed E-state index contributed by atoms with van der Waals surface area (Å²) < 4.78 is 5.34. The predicted octanol–water partition coefficient (Wildman–Crippen LogP) is 3.38. The first-order valence-electron chi connectivity index (χ1n) is 11.4. The van der Waals surface area contributed by atoms with Gasteiger partial charge in [0, 0.05) is 43.9 Å². The summed E-state index contributed by atoms with van der Waals surface area (Å²) in [5.74, 6) is 3.78. The van der Waals surface area contributed by atoms with Crippen LogP contribution < -0.4 is 10.2 Å². The summed E-state index contributed by atoms with van der Waals surface area (Å²) in [6.07, 6.45) is 4.89. The molecule has 2 aromatic rings. The summed E-state index contributed by atoms with van der Waals surface area (Å²) in [6.45, 7) is 7.40. The third kappa shape index (κ3) is 7.68. The number of anilines is 2. The second kappa shape index (κ2) is 11.6. The highest BCUT2D eigenvalue weighted by Gasteiger charge is 2.18. The van der Waals surface area contributed by atoms with Crippen LogP contribution in [-0.4, -0.2) is 91.2 Å². The number of aromatic nitrogens is 1. The van der Waals surface area contributed by atoms with Crippen LogP contribution in [0.2, 0.25) is 0 Å². The van der Waals surface area contributed by atoms with Crippen LogP contribution in [-0.2, 0) is 4.74 Å². The smallest absolute Gasteiger partial charge is 0.269 e. The van der Waals surface area contributed by atoms with Gasteiger partial charge in [0.1, 0.15) is 11.6 Å². The van der Waals surface area contributed by atoms with E-state index < -0.39 is 4.92 Å². The lowest BCUT2D eigenvalue weighted by Gasteiger charge is -2.39. The highest BCUT2D eigenvalue weighted by molar-refractivity contribution is 8.32. The summed E-state index contributed by atoms with van der Waals surface area (Å²) in [5, 5.41) is 13.4. The molecule has 1 N–H and O–H groups in total. The van der Waals surface area contributed by atoms with E-state index in [0.717, 1.165) is 24.5 Å². The van der Waals surface area contributed by atoms with E-state index in [1.165, 1.54) is 48.9 Å². The highest BCUT2D eigenvalue weighted by atomic mass is 32.3. The Morgan fingerprint density at radius 3 is 2.26 bits per heavy atom. The summed E-state index contributed by atoms with van der Waals surface area (Å²) in [7, 11) is 2.06. The number of aryl methyl sites for hydroxylation is 1. The van der Waals surface area contributed by atoms with Crippen LogP contribution in [0.4, 0.5) is 17.3 Å². The molecule has 0 radical (unpaired) electrons. The van der Waals surface area contributed by atoms with Crippen molar-refractivity contribution in [2.24, 2.45) is 0 Å². The molecule has 0 atom stereocenters. The lowest BCUT2D eigenvalue weighted by atomic mass is 10.2. The van der Waals surface area contributed by atoms with Crippen LogP contribution in [0.25, 0.3) is 0 Å². The van der Waals surface area contributed by atoms with Gasteiger partial charge in [0.25, 0.3) is 11.6 Å². The van der Waals surface area contributed by atoms with Gasteiger partial charge in [-0.15, -0.1) is 0 Å². The Hall–Kier alpha value is -2.69. The number of nitro groups is 1. The third-order valence-corrected chi connectivity index (χ3v) is 8.50. The topological polar surface area (TPSA) is 101 Å². The van der Waals surface area contributed by atoms with E-state index in [1.54, 1.807) is 6.07 Å². The number of nitrogens with one attached hydrogen (secondary N) is 1. The molecule has 1 aromatic heterocycles. The lowest BCUT2D eigenvalue weighted by Crippen LogP contribution is -2.36. The van der Waals surface area contributed by atoms with Gasteiger partial charge >= 0.3 is 0 Å². The maximum Gasteiger partial charge on any atom is 0.269 e. The number of morpholine rings is 1. The van der Waals surface area contributed by atoms with Gasteiger partial charge in [-0.05, 0) is 67.8 Å². The normalized spacial score (nSPS) is 18.9. The van der Waals surface area contributed by atoms with E-state index in [1.807, 2.05) is 13.0 Å². The van der Waals surface area contributed by atoms with E-state index in [2.05, 4.69) is 39.7 Å². The average Bonchev–Trinajstić information content (AvgIpc) is 2.82. The highest BCUT2D eigenvalue weighted by Crippen LogP contribution is 2.40. The minimum absolute atomic E-state index is 0.0557. The van der Waals surface area contributed by atoms with Gasteiger partial charge in [0.05, 0.1) is 18.1 Å². The molecule has 34 heavy (non-hydrogen) atoms. The minimum Gasteiger partial charge on any atom is -0.378 e. The number of benzene rings is 1. The molecular weight excluding hydrogens is 454 g/mol. The van der Waals surface area contributed by atoms with E-state index in [-0.39, 0.29) is 21.6 Å². The number of hydrogen-bond donors (Lipinski definition) is 1. The first-order valence-corrected chi connectivity index (χ1v) is 14.2. The van der Waals surface area contributed by atoms with Crippen LogP contribution in [0.5, 0.6) is 0 Å². The molecule has 2 saturated heterocycles. The summed E-state index contributed by atoms with van der Waals surface area (Å²) in [4.78, 5) is 31.6. The standard InChI is InChI=1S/C17H18N4O4.C7H17NS/c1-12-10-15(18-16(11-12)20-6-8-25-9-7-20)19-17(22)13-2-4-14(5-3-13)21(23)24;1-8-4-6-9(2,3)7-5-8/h2-5,10-11H,6-9H2,1H3,(H,18,19,22);4-7H2,1-3H3. The number of nitrogens with zero attached hydrogens (tertiary/aromatic N) is 4. The maximum absolute atomic E-state index is 12.3. The van der Waals surface area contributed by atoms with Gasteiger partial charge in [0.2, 0.25) is 0 Å². The molecule has 0 bridgehead atoms. The van der Waals surface area contributed by atoms with Gasteiger partial charge < -0.3 is 19.9 Å². The summed E-state index contributed by atoms with van der Waals surface area (Å²) in [6, 6.07) is 9.20. The molecule has 186 valence electrons. The minimum atomic E-state index is -0.502. The predicted molar refractivity (Wildman–Crippen MR) is 140 cm³/mol. The number of hydrogen-bond acceptors (Lipinski definition) is 7. The molecule has 9 nitrogen and oxygen atoms in total. The molecule has 10 heteroatoms. The number of pyridine rings is 1. The first-order chi connectivity index (χ1) is 16.1. The fourth-order valence-electron chi connectivity index (χ4n) is 3.61. The van der Waals surface area contributed by atoms with E-state index in [9.17, 15) is 14.9 Å². The fraction of sp³-hybridized carbons (Fsp3) is 0.500. The monoisotopic (exact) mass is 489 g/mol. The van der Waals surface area contributed by atoms with Gasteiger partial charge in [0.15, 0.2) is 0 Å². The number of ether oxygens (including phenoxy) is 1. The molecule has 4 rings (SSSR count). The van der Waals surface area contributed by atoms with E-state index >= 15 is 0 Å². The average molecular weight is 490 g/mol. The van der Waals surface area contributed by atoms with Crippen LogP contribution in [0, 0.1) is 17.0 Å². The van der Waals surface area contributed by atoms with Gasteiger partial charge in [-0.25, -0.2) is 15.0 Å². The zero-order valence-corrected chi connectivity index (χ0v) is 21.3. The number of amides is 1. The molecule has 3 heterocycles. The molecule has 2 aliphatic rings. The van der Waals surface area contributed by atoms with Gasteiger partial charge in [-0.3, -0.25) is 14.9 Å². The van der Waals surface area contributed by atoms with Crippen LogP contribution in [0.1, 0.15) is 15.9 Å². The Morgan fingerprint density at radius 2 is 1.71 bits per heavy atom. The molecule has 2 fully saturated rings. The second-order valence-corrected chi connectivity index (χ2v) is 13.6. The molecule has 1 amide bonds. The Morgan fingerprint density at radius 1 is 1.09 bits per heavy atom. The molecule has 1 aromatic carbocycles. The Kier molecular flexibility index (Phi) is 8.87. The number of carbonyl (C=O) groups is 1. The van der Waals surface area contributed by atoms with Crippen molar-refractivity contribution in [1.82, 2.24) is 9.88 Å². The molecule has 0 saturated carbocycles. The van der Waals surface area contributed by atoms with Gasteiger partial charge in [-0.2, -0.15) is 0 Å². The Balaban J connectivity index is 0.000000302. The fourth-order valence-corrected chi connectivity index (χ4v) is 5.43. The van der Waals surface area contributed by atoms with Crippen LogP contribution in [0.3, 0.4) is 0 Å². The largest absolute Gasteiger partial charge is 0.378 e. The van der Waals surface area contributed by atoms with Crippen LogP contribution in [0.15, 0.2) is 36.4 Å². The Labute approximate surface area is 203 Å². The van der Waals surface area contributed by atoms with Gasteiger partial charge in [-0.1, -0.05) is 0 Å². The Bertz CT molecular complexity index is 983. The van der Waals surface area contributed by atoms with Crippen molar-refractivity contribution in [3.05, 3.63) is 57.6 Å². The first kappa shape index (κ1) is 25.9. The molecule has 0 spiro atoms. The SMILES string of the molecule is CN1CCS(C)(C)CC1.Cc1cc(NC(=O)c2ccc([N+](=O)[O-])cc2)nc(N2CCOCC2)c1. The number of carbonyl (C=O) groups excluding carboxylic acids is 1. The zero-order chi connectivity index (χ0) is 24.7. The summed E-state index contributed by atoms with van der Waals surface area (Å²) >= 11 is 0. The van der Waals surface area contributed by atoms with Crippen molar-refractivity contribution in [2.75, 3.05) is 80.7 Å². The lowest BCUT2D eigenvalue weighted by molar-refractivity contribution is -0.384. The van der Waals surface area contributed by atoms with E-state index in [0.29, 0.717) is 24.6 Å². The molecule has 2 aliphatic heterocycles. The molecule has 0 aliphatic carbocycles. The third-order valence-electron chi connectivity index (χ3n) is 5.92. The van der Waals surface area contributed by atoms with Crippen molar-refractivity contribution in [2.45, 2.75) is 6.92 Å². The zero-order valence-electron chi connectivity index (χ0n) is 20.5.